The Kier molecular flexibility index (Phi) is 2.35. The van der Waals surface area contributed by atoms with Crippen LogP contribution in [0, 0.1) is 6.92 Å². The fraction of sp³-hybridized carbons (Fsp3) is 0.222. The predicted octanol–water partition coefficient (Wildman–Crippen LogP) is 0.286. The second-order valence-electron chi connectivity index (χ2n) is 3.41. The van der Waals surface area contributed by atoms with Gasteiger partial charge in [-0.3, -0.25) is 14.6 Å². The van der Waals surface area contributed by atoms with Gasteiger partial charge in [0, 0.05) is 13.2 Å². The highest BCUT2D eigenvalue weighted by Gasteiger charge is 2.17. The van der Waals surface area contributed by atoms with Gasteiger partial charge >= 0.3 is 0 Å². The molecule has 0 saturated carbocycles. The molecule has 7 nitrogen and oxygen atoms in total. The van der Waals surface area contributed by atoms with E-state index >= 15 is 0 Å². The Morgan fingerprint density at radius 3 is 2.88 bits per heavy atom. The van der Waals surface area contributed by atoms with Gasteiger partial charge in [-0.2, -0.15) is 10.2 Å². The molecule has 2 rings (SSSR count). The molecule has 0 unspecified atom stereocenters. The van der Waals surface area contributed by atoms with Crippen LogP contribution >= 0.6 is 0 Å². The lowest BCUT2D eigenvalue weighted by Crippen LogP contribution is -2.17. The van der Waals surface area contributed by atoms with E-state index < -0.39 is 0 Å². The summed E-state index contributed by atoms with van der Waals surface area (Å²) in [6.07, 6.45) is 3.09. The molecule has 0 aliphatic carbocycles. The fourth-order valence-electron chi connectivity index (χ4n) is 1.45. The van der Waals surface area contributed by atoms with Gasteiger partial charge in [0.1, 0.15) is 5.69 Å². The van der Waals surface area contributed by atoms with Crippen LogP contribution in [0.4, 0.5) is 11.4 Å². The van der Waals surface area contributed by atoms with Gasteiger partial charge in [-0.25, -0.2) is 0 Å². The van der Waals surface area contributed by atoms with Crippen LogP contribution in [0.15, 0.2) is 12.4 Å². The number of nitrogens with one attached hydrogen (secondary N) is 2. The normalized spacial score (nSPS) is 10.4. The molecular weight excluding hydrogens is 208 g/mol. The first kappa shape index (κ1) is 10.2. The van der Waals surface area contributed by atoms with Crippen molar-refractivity contribution in [2.24, 2.45) is 7.05 Å². The number of nitrogens with zero attached hydrogens (tertiary/aromatic N) is 3. The number of nitrogens with two attached hydrogens (primary N) is 1. The average molecular weight is 220 g/mol. The number of hydrogen-bond acceptors (Lipinski definition) is 4. The Morgan fingerprint density at radius 2 is 2.38 bits per heavy atom. The van der Waals surface area contributed by atoms with Gasteiger partial charge in [0.05, 0.1) is 23.3 Å². The summed E-state index contributed by atoms with van der Waals surface area (Å²) in [5.74, 6) is -0.304. The van der Waals surface area contributed by atoms with Crippen molar-refractivity contribution in [3.05, 3.63) is 23.8 Å². The third kappa shape index (κ3) is 1.62. The number of nitrogen functional groups attached to an aromatic ring is 1. The second-order valence-corrected chi connectivity index (χ2v) is 3.41. The third-order valence-electron chi connectivity index (χ3n) is 2.24. The van der Waals surface area contributed by atoms with Crippen molar-refractivity contribution < 1.29 is 4.79 Å². The topological polar surface area (TPSA) is 102 Å². The van der Waals surface area contributed by atoms with E-state index in [0.29, 0.717) is 22.8 Å². The molecule has 0 aromatic carbocycles. The number of aromatic amines is 1. The monoisotopic (exact) mass is 220 g/mol. The maximum Gasteiger partial charge on any atom is 0.276 e. The molecule has 0 atom stereocenters. The van der Waals surface area contributed by atoms with E-state index in [4.69, 9.17) is 5.73 Å². The van der Waals surface area contributed by atoms with Gasteiger partial charge in [-0.1, -0.05) is 0 Å². The van der Waals surface area contributed by atoms with Crippen molar-refractivity contribution in [1.29, 1.82) is 0 Å². The summed E-state index contributed by atoms with van der Waals surface area (Å²) in [6.45, 7) is 1.75. The van der Waals surface area contributed by atoms with E-state index in [1.54, 1.807) is 20.2 Å². The van der Waals surface area contributed by atoms with E-state index in [0.717, 1.165) is 0 Å². The zero-order valence-corrected chi connectivity index (χ0v) is 8.98. The smallest absolute Gasteiger partial charge is 0.276 e. The molecule has 0 aliphatic rings. The molecule has 0 fully saturated rings. The number of hydrogen-bond donors (Lipinski definition) is 3. The van der Waals surface area contributed by atoms with Crippen molar-refractivity contribution in [3.63, 3.8) is 0 Å². The fourth-order valence-corrected chi connectivity index (χ4v) is 1.45. The van der Waals surface area contributed by atoms with Crippen molar-refractivity contribution in [2.45, 2.75) is 6.92 Å². The van der Waals surface area contributed by atoms with Gasteiger partial charge in [0.2, 0.25) is 0 Å². The first-order valence-electron chi connectivity index (χ1n) is 4.69. The molecule has 2 aromatic rings. The molecule has 0 radical (unpaired) electrons. The number of carbonyl (C=O) groups is 1. The SMILES string of the molecule is Cc1nn(C)c(C(=O)Nc2cn[nH]c2)c1N. The first-order valence-corrected chi connectivity index (χ1v) is 4.69. The lowest BCUT2D eigenvalue weighted by molar-refractivity contribution is 0.101. The summed E-state index contributed by atoms with van der Waals surface area (Å²) in [5, 5.41) is 13.1. The van der Waals surface area contributed by atoms with Crippen LogP contribution in [0.25, 0.3) is 0 Å². The number of amides is 1. The number of rotatable bonds is 2. The lowest BCUT2D eigenvalue weighted by Gasteiger charge is -2.03. The van der Waals surface area contributed by atoms with Gasteiger partial charge in [-0.15, -0.1) is 0 Å². The highest BCUT2D eigenvalue weighted by atomic mass is 16.2. The number of anilines is 2. The summed E-state index contributed by atoms with van der Waals surface area (Å²) >= 11 is 0. The van der Waals surface area contributed by atoms with Crippen LogP contribution in [-0.4, -0.2) is 25.9 Å². The van der Waals surface area contributed by atoms with Crippen LogP contribution in [0.5, 0.6) is 0 Å². The largest absolute Gasteiger partial charge is 0.395 e. The molecule has 0 saturated heterocycles. The summed E-state index contributed by atoms with van der Waals surface area (Å²) in [4.78, 5) is 11.9. The van der Waals surface area contributed by atoms with Crippen LogP contribution in [0.1, 0.15) is 16.2 Å². The second kappa shape index (κ2) is 3.69. The maximum absolute atomic E-state index is 11.9. The predicted molar refractivity (Wildman–Crippen MR) is 58.9 cm³/mol. The molecule has 1 amide bonds. The van der Waals surface area contributed by atoms with Crippen LogP contribution in [0.3, 0.4) is 0 Å². The molecular formula is C9H12N6O. The van der Waals surface area contributed by atoms with Crippen LogP contribution in [0.2, 0.25) is 0 Å². The van der Waals surface area contributed by atoms with Gasteiger partial charge in [0.15, 0.2) is 0 Å². The van der Waals surface area contributed by atoms with Crippen molar-refractivity contribution >= 4 is 17.3 Å². The van der Waals surface area contributed by atoms with E-state index in [-0.39, 0.29) is 5.91 Å². The summed E-state index contributed by atoms with van der Waals surface area (Å²) in [7, 11) is 1.67. The molecule has 2 heterocycles. The van der Waals surface area contributed by atoms with Crippen molar-refractivity contribution in [3.8, 4) is 0 Å². The molecule has 84 valence electrons. The number of carbonyl (C=O) groups excluding carboxylic acids is 1. The first-order chi connectivity index (χ1) is 7.59. The van der Waals surface area contributed by atoms with Gasteiger partial charge in [-0.05, 0) is 6.92 Å². The molecule has 2 aromatic heterocycles. The molecule has 0 bridgehead atoms. The van der Waals surface area contributed by atoms with E-state index in [1.165, 1.54) is 10.9 Å². The highest BCUT2D eigenvalue weighted by molar-refractivity contribution is 6.06. The lowest BCUT2D eigenvalue weighted by atomic mass is 10.3. The van der Waals surface area contributed by atoms with E-state index in [2.05, 4.69) is 20.6 Å². The zero-order chi connectivity index (χ0) is 11.7. The summed E-state index contributed by atoms with van der Waals surface area (Å²) in [6, 6.07) is 0. The minimum absolute atomic E-state index is 0.304. The van der Waals surface area contributed by atoms with Crippen molar-refractivity contribution in [2.75, 3.05) is 11.1 Å². The summed E-state index contributed by atoms with van der Waals surface area (Å²) in [5.41, 5.74) is 7.73. The third-order valence-corrected chi connectivity index (χ3v) is 2.24. The molecule has 7 heteroatoms. The Balaban J connectivity index is 2.27. The van der Waals surface area contributed by atoms with Gasteiger partial charge < -0.3 is 11.1 Å². The number of aromatic nitrogens is 4. The maximum atomic E-state index is 11.9. The number of aryl methyl sites for hydroxylation is 2. The Morgan fingerprint density at radius 1 is 1.62 bits per heavy atom. The summed E-state index contributed by atoms with van der Waals surface area (Å²) < 4.78 is 1.46. The highest BCUT2D eigenvalue weighted by Crippen LogP contribution is 2.16. The minimum atomic E-state index is -0.304. The van der Waals surface area contributed by atoms with Crippen LogP contribution < -0.4 is 11.1 Å². The van der Waals surface area contributed by atoms with E-state index in [9.17, 15) is 4.79 Å². The van der Waals surface area contributed by atoms with Crippen molar-refractivity contribution in [1.82, 2.24) is 20.0 Å². The Bertz CT molecular complexity index is 512. The minimum Gasteiger partial charge on any atom is -0.395 e. The zero-order valence-electron chi connectivity index (χ0n) is 8.98. The average Bonchev–Trinajstić information content (AvgIpc) is 2.77. The number of H-pyrrole nitrogens is 1. The van der Waals surface area contributed by atoms with E-state index in [1.807, 2.05) is 0 Å². The Hall–Kier alpha value is -2.31. The standard InChI is InChI=1S/C9H12N6O/c1-5-7(10)8(15(2)14-5)9(16)13-6-3-11-12-4-6/h3-4H,10H2,1-2H3,(H,11,12)(H,13,16). The van der Waals surface area contributed by atoms with Gasteiger partial charge in [0.25, 0.3) is 5.91 Å². The molecule has 4 N–H and O–H groups in total. The quantitative estimate of drug-likeness (QED) is 0.676. The molecule has 0 spiro atoms. The molecule has 0 aliphatic heterocycles. The molecule has 16 heavy (non-hydrogen) atoms. The Labute approximate surface area is 91.6 Å². The van der Waals surface area contributed by atoms with Crippen LogP contribution in [-0.2, 0) is 7.05 Å².